The number of carbonyl (C=O) groups excluding carboxylic acids is 2. The Labute approximate surface area is 220 Å². The van der Waals surface area contributed by atoms with Crippen molar-refractivity contribution in [2.75, 3.05) is 13.7 Å². The summed E-state index contributed by atoms with van der Waals surface area (Å²) in [7, 11) is 1.61. The molecule has 0 N–H and O–H groups in total. The molecule has 2 atom stereocenters. The van der Waals surface area contributed by atoms with Crippen LogP contribution in [0.2, 0.25) is 0 Å². The summed E-state index contributed by atoms with van der Waals surface area (Å²) in [5.41, 5.74) is -0.508. The first kappa shape index (κ1) is 28.0. The third-order valence-electron chi connectivity index (χ3n) is 5.87. The quantitative estimate of drug-likeness (QED) is 0.181. The van der Waals surface area contributed by atoms with E-state index in [1.807, 2.05) is 24.3 Å². The van der Waals surface area contributed by atoms with E-state index in [4.69, 9.17) is 14.2 Å². The van der Waals surface area contributed by atoms with Crippen molar-refractivity contribution in [3.05, 3.63) is 82.4 Å². The number of thioether (sulfide) groups is 1. The van der Waals surface area contributed by atoms with Gasteiger partial charge in [-0.3, -0.25) is 15.0 Å². The van der Waals surface area contributed by atoms with Crippen LogP contribution in [0.4, 0.5) is 10.5 Å². The van der Waals surface area contributed by atoms with E-state index >= 15 is 0 Å². The molecule has 37 heavy (non-hydrogen) atoms. The second kappa shape index (κ2) is 11.7. The first-order valence-corrected chi connectivity index (χ1v) is 12.8. The molecule has 10 heteroatoms. The number of hydrogen-bond acceptors (Lipinski definition) is 8. The molecule has 9 nitrogen and oxygen atoms in total. The van der Waals surface area contributed by atoms with Gasteiger partial charge < -0.3 is 14.2 Å². The highest BCUT2D eigenvalue weighted by Gasteiger charge is 2.54. The van der Waals surface area contributed by atoms with Gasteiger partial charge in [0.25, 0.3) is 5.69 Å². The lowest BCUT2D eigenvalue weighted by Crippen LogP contribution is -2.53. The van der Waals surface area contributed by atoms with E-state index in [9.17, 15) is 19.7 Å². The van der Waals surface area contributed by atoms with E-state index in [1.54, 1.807) is 39.6 Å². The van der Waals surface area contributed by atoms with Crippen LogP contribution in [0.25, 0.3) is 0 Å². The highest BCUT2D eigenvalue weighted by Crippen LogP contribution is 2.40. The minimum Gasteiger partial charge on any atom is -0.497 e. The molecule has 0 unspecified atom stereocenters. The number of non-ortho nitro benzene ring substituents is 1. The molecular formula is C27H32N2O7S. The maximum Gasteiger partial charge on any atom is 0.411 e. The Morgan fingerprint density at radius 2 is 1.78 bits per heavy atom. The van der Waals surface area contributed by atoms with Gasteiger partial charge in [-0.1, -0.05) is 18.2 Å². The third kappa shape index (κ3) is 7.03. The summed E-state index contributed by atoms with van der Waals surface area (Å²) in [5, 5.41) is 10.8. The Bertz CT molecular complexity index is 1130. The molecule has 0 spiro atoms. The summed E-state index contributed by atoms with van der Waals surface area (Å²) in [6.07, 6.45) is 1.11. The molecule has 1 amide bonds. The van der Waals surface area contributed by atoms with E-state index < -0.39 is 28.1 Å². The summed E-state index contributed by atoms with van der Waals surface area (Å²) < 4.78 is 16.4. The van der Waals surface area contributed by atoms with E-state index in [2.05, 4.69) is 6.58 Å². The standard InChI is InChI=1S/C27H32N2O7S/c1-6-27(24(30)36-26(2,3)4)15-23(37-18-20-9-13-22(34-5)14-10-20)16-28(27)25(31)35-17-19-7-11-21(12-8-19)29(32)33/h6-14,23H,1,15-18H2,2-5H3/t23-,27+/m0/s1. The van der Waals surface area contributed by atoms with Gasteiger partial charge in [-0.2, -0.15) is 11.8 Å². The zero-order valence-electron chi connectivity index (χ0n) is 21.5. The molecule has 3 rings (SSSR count). The fourth-order valence-corrected chi connectivity index (χ4v) is 5.19. The number of likely N-dealkylation sites (tertiary alicyclic amines) is 1. The monoisotopic (exact) mass is 528 g/mol. The van der Waals surface area contributed by atoms with Crippen LogP contribution in [0.1, 0.15) is 38.3 Å². The van der Waals surface area contributed by atoms with Crippen molar-refractivity contribution in [2.45, 2.75) is 55.9 Å². The number of nitrogens with zero attached hydrogens (tertiary/aromatic N) is 2. The molecule has 198 valence electrons. The van der Waals surface area contributed by atoms with E-state index in [-0.39, 0.29) is 24.1 Å². The first-order valence-electron chi connectivity index (χ1n) is 11.8. The summed E-state index contributed by atoms with van der Waals surface area (Å²) in [6.45, 7) is 9.35. The molecule has 2 aromatic rings. The fraction of sp³-hybridized carbons (Fsp3) is 0.407. The molecule has 1 aliphatic rings. The van der Waals surface area contributed by atoms with Crippen molar-refractivity contribution in [1.82, 2.24) is 4.90 Å². The van der Waals surface area contributed by atoms with Gasteiger partial charge in [0.15, 0.2) is 5.54 Å². The SMILES string of the molecule is C=C[C@]1(C(=O)OC(C)(C)C)C[C@H](SCc2ccc(OC)cc2)CN1C(=O)OCc1ccc([N+](=O)[O-])cc1. The van der Waals surface area contributed by atoms with E-state index in [1.165, 1.54) is 35.2 Å². The number of hydrogen-bond donors (Lipinski definition) is 0. The number of nitro benzene ring substituents is 1. The zero-order chi connectivity index (χ0) is 27.2. The van der Waals surface area contributed by atoms with Crippen molar-refractivity contribution in [2.24, 2.45) is 0 Å². The Morgan fingerprint density at radius 3 is 2.32 bits per heavy atom. The summed E-state index contributed by atoms with van der Waals surface area (Å²) in [4.78, 5) is 38.4. The average Bonchev–Trinajstić information content (AvgIpc) is 3.26. The molecule has 1 aliphatic heterocycles. The molecule has 0 aliphatic carbocycles. The molecule has 1 heterocycles. The van der Waals surface area contributed by atoms with Gasteiger partial charge in [0.2, 0.25) is 0 Å². The van der Waals surface area contributed by atoms with Crippen molar-refractivity contribution < 1.29 is 28.7 Å². The summed E-state index contributed by atoms with van der Waals surface area (Å²) in [5.74, 6) is 0.893. The first-order chi connectivity index (χ1) is 17.5. The second-order valence-corrected chi connectivity index (χ2v) is 11.0. The van der Waals surface area contributed by atoms with Crippen LogP contribution in [0.3, 0.4) is 0 Å². The van der Waals surface area contributed by atoms with Crippen molar-refractivity contribution in [1.29, 1.82) is 0 Å². The maximum atomic E-state index is 13.4. The van der Waals surface area contributed by atoms with Gasteiger partial charge in [0.05, 0.1) is 12.0 Å². The van der Waals surface area contributed by atoms with Crippen LogP contribution < -0.4 is 4.74 Å². The lowest BCUT2D eigenvalue weighted by Gasteiger charge is -2.35. The van der Waals surface area contributed by atoms with E-state index in [0.29, 0.717) is 17.7 Å². The number of rotatable bonds is 9. The predicted molar refractivity (Wildman–Crippen MR) is 141 cm³/mol. The molecule has 1 fully saturated rings. The summed E-state index contributed by atoms with van der Waals surface area (Å²) in [6, 6.07) is 13.5. The number of carbonyl (C=O) groups is 2. The molecular weight excluding hydrogens is 496 g/mol. The highest BCUT2D eigenvalue weighted by molar-refractivity contribution is 7.99. The van der Waals surface area contributed by atoms with Gasteiger partial charge in [-0.15, -0.1) is 6.58 Å². The summed E-state index contributed by atoms with van der Waals surface area (Å²) >= 11 is 1.63. The van der Waals surface area contributed by atoms with Crippen LogP contribution in [-0.2, 0) is 26.6 Å². The van der Waals surface area contributed by atoms with Crippen LogP contribution in [0.5, 0.6) is 5.75 Å². The predicted octanol–water partition coefficient (Wildman–Crippen LogP) is 5.51. The molecule has 0 aromatic heterocycles. The number of nitro groups is 1. The number of amides is 1. The van der Waals surface area contributed by atoms with Gasteiger partial charge >= 0.3 is 12.1 Å². The molecule has 0 radical (unpaired) electrons. The van der Waals surface area contributed by atoms with Crippen LogP contribution in [0.15, 0.2) is 61.2 Å². The van der Waals surface area contributed by atoms with Crippen molar-refractivity contribution in [3.63, 3.8) is 0 Å². The molecule has 2 aromatic carbocycles. The van der Waals surface area contributed by atoms with Gasteiger partial charge in [0.1, 0.15) is 18.0 Å². The minimum absolute atomic E-state index is 0.0538. The lowest BCUT2D eigenvalue weighted by atomic mass is 9.96. The Morgan fingerprint density at radius 1 is 1.16 bits per heavy atom. The van der Waals surface area contributed by atoms with Crippen molar-refractivity contribution in [3.8, 4) is 5.75 Å². The maximum absolute atomic E-state index is 13.4. The number of methoxy groups -OCH3 is 1. The normalized spacial score (nSPS) is 19.2. The zero-order valence-corrected chi connectivity index (χ0v) is 22.3. The number of ether oxygens (including phenoxy) is 3. The lowest BCUT2D eigenvalue weighted by molar-refractivity contribution is -0.384. The Kier molecular flexibility index (Phi) is 8.85. The second-order valence-electron chi connectivity index (χ2n) is 9.70. The Balaban J connectivity index is 1.76. The third-order valence-corrected chi connectivity index (χ3v) is 7.16. The Hall–Kier alpha value is -3.53. The largest absolute Gasteiger partial charge is 0.497 e. The van der Waals surface area contributed by atoms with Crippen LogP contribution in [-0.4, -0.2) is 51.9 Å². The average molecular weight is 529 g/mol. The number of benzene rings is 2. The number of esters is 1. The van der Waals surface area contributed by atoms with E-state index in [0.717, 1.165) is 11.3 Å². The molecule has 1 saturated heterocycles. The smallest absolute Gasteiger partial charge is 0.411 e. The fourth-order valence-electron chi connectivity index (χ4n) is 3.95. The van der Waals surface area contributed by atoms with Gasteiger partial charge in [0, 0.05) is 29.7 Å². The van der Waals surface area contributed by atoms with Crippen LogP contribution >= 0.6 is 11.8 Å². The van der Waals surface area contributed by atoms with Crippen molar-refractivity contribution >= 4 is 29.5 Å². The minimum atomic E-state index is -1.38. The van der Waals surface area contributed by atoms with Gasteiger partial charge in [-0.05, 0) is 62.6 Å². The molecule has 0 saturated carbocycles. The highest BCUT2D eigenvalue weighted by atomic mass is 32.2. The van der Waals surface area contributed by atoms with Crippen LogP contribution in [0, 0.1) is 10.1 Å². The topological polar surface area (TPSA) is 108 Å². The van der Waals surface area contributed by atoms with Gasteiger partial charge in [-0.25, -0.2) is 9.59 Å². The molecule has 0 bridgehead atoms.